The monoisotopic (exact) mass is 459 g/mol. The number of ether oxygens (including phenoxy) is 2. The Bertz CT molecular complexity index is 1160. The molecule has 0 spiro atoms. The normalized spacial score (nSPS) is 16.5. The van der Waals surface area contributed by atoms with Crippen molar-refractivity contribution in [3.05, 3.63) is 47.5 Å². The lowest BCUT2D eigenvalue weighted by atomic mass is 10.1. The third-order valence-electron chi connectivity index (χ3n) is 5.64. The summed E-state index contributed by atoms with van der Waals surface area (Å²) in [5, 5.41) is 2.81. The van der Waals surface area contributed by atoms with Gasteiger partial charge in [0.05, 0.1) is 30.8 Å². The molecule has 0 radical (unpaired) electrons. The number of rotatable bonds is 5. The number of nitrogens with zero attached hydrogens (tertiary/aromatic N) is 2. The van der Waals surface area contributed by atoms with E-state index >= 15 is 0 Å². The van der Waals surface area contributed by atoms with E-state index in [4.69, 9.17) is 9.47 Å². The van der Waals surface area contributed by atoms with E-state index in [1.165, 1.54) is 36.5 Å². The molecule has 1 fully saturated rings. The van der Waals surface area contributed by atoms with Crippen molar-refractivity contribution in [2.75, 3.05) is 50.2 Å². The SMILES string of the molecule is COc1ccc(S(=O)(=O)N2CCOCC2)cc1C(=O)Nc1ccc2c(c1)CCN2C(C)=O. The van der Waals surface area contributed by atoms with Crippen molar-refractivity contribution in [3.8, 4) is 5.75 Å². The Hall–Kier alpha value is -2.95. The van der Waals surface area contributed by atoms with E-state index in [1.807, 2.05) is 6.07 Å². The molecule has 0 saturated carbocycles. The lowest BCUT2D eigenvalue weighted by molar-refractivity contribution is -0.116. The molecule has 1 saturated heterocycles. The minimum Gasteiger partial charge on any atom is -0.496 e. The highest BCUT2D eigenvalue weighted by Crippen LogP contribution is 2.31. The maximum absolute atomic E-state index is 13.0. The van der Waals surface area contributed by atoms with Gasteiger partial charge in [-0.25, -0.2) is 8.42 Å². The molecule has 1 N–H and O–H groups in total. The maximum Gasteiger partial charge on any atom is 0.259 e. The Labute approximate surface area is 187 Å². The molecule has 2 aliphatic rings. The Balaban J connectivity index is 1.60. The Morgan fingerprint density at radius 2 is 1.81 bits per heavy atom. The molecule has 170 valence electrons. The highest BCUT2D eigenvalue weighted by atomic mass is 32.2. The van der Waals surface area contributed by atoms with Crippen LogP contribution < -0.4 is 15.0 Å². The smallest absolute Gasteiger partial charge is 0.259 e. The number of fused-ring (bicyclic) bond motifs is 1. The lowest BCUT2D eigenvalue weighted by Crippen LogP contribution is -2.40. The molecule has 2 aliphatic heterocycles. The largest absolute Gasteiger partial charge is 0.496 e. The average molecular weight is 460 g/mol. The lowest BCUT2D eigenvalue weighted by Gasteiger charge is -2.26. The molecule has 32 heavy (non-hydrogen) atoms. The van der Waals surface area contributed by atoms with Crippen LogP contribution in [0.1, 0.15) is 22.8 Å². The number of anilines is 2. The summed E-state index contributed by atoms with van der Waals surface area (Å²) in [4.78, 5) is 26.5. The molecule has 2 aromatic rings. The first-order chi connectivity index (χ1) is 15.3. The Kier molecular flexibility index (Phi) is 6.18. The number of morpholine rings is 1. The van der Waals surface area contributed by atoms with E-state index in [2.05, 4.69) is 5.32 Å². The fraction of sp³-hybridized carbons (Fsp3) is 0.364. The molecule has 9 nitrogen and oxygen atoms in total. The van der Waals surface area contributed by atoms with Crippen molar-refractivity contribution in [2.24, 2.45) is 0 Å². The third kappa shape index (κ3) is 4.21. The van der Waals surface area contributed by atoms with Crippen LogP contribution in [0.2, 0.25) is 0 Å². The third-order valence-corrected chi connectivity index (χ3v) is 7.53. The topological polar surface area (TPSA) is 105 Å². The number of hydrogen-bond acceptors (Lipinski definition) is 6. The molecule has 2 aromatic carbocycles. The predicted octanol–water partition coefficient (Wildman–Crippen LogP) is 1.88. The van der Waals surface area contributed by atoms with Crippen LogP contribution in [0, 0.1) is 0 Å². The summed E-state index contributed by atoms with van der Waals surface area (Å²) < 4.78 is 37.9. The summed E-state index contributed by atoms with van der Waals surface area (Å²) in [6.45, 7) is 3.33. The van der Waals surface area contributed by atoms with Crippen LogP contribution >= 0.6 is 0 Å². The highest BCUT2D eigenvalue weighted by molar-refractivity contribution is 7.89. The van der Waals surface area contributed by atoms with Crippen molar-refractivity contribution in [1.82, 2.24) is 4.31 Å². The minimum atomic E-state index is -3.76. The van der Waals surface area contributed by atoms with Gasteiger partial charge in [-0.2, -0.15) is 4.31 Å². The van der Waals surface area contributed by atoms with Gasteiger partial charge in [-0.3, -0.25) is 9.59 Å². The van der Waals surface area contributed by atoms with Gasteiger partial charge in [0.1, 0.15) is 5.75 Å². The van der Waals surface area contributed by atoms with Gasteiger partial charge >= 0.3 is 0 Å². The first kappa shape index (κ1) is 22.3. The molecule has 0 aromatic heterocycles. The molecule has 0 atom stereocenters. The predicted molar refractivity (Wildman–Crippen MR) is 119 cm³/mol. The van der Waals surface area contributed by atoms with E-state index in [-0.39, 0.29) is 35.2 Å². The van der Waals surface area contributed by atoms with E-state index in [0.717, 1.165) is 11.3 Å². The number of carbonyl (C=O) groups excluding carboxylic acids is 2. The van der Waals surface area contributed by atoms with Gasteiger partial charge in [0.15, 0.2) is 0 Å². The van der Waals surface area contributed by atoms with Gasteiger partial charge < -0.3 is 19.7 Å². The number of carbonyl (C=O) groups is 2. The molecular formula is C22H25N3O6S. The molecular weight excluding hydrogens is 434 g/mol. The number of benzene rings is 2. The summed E-state index contributed by atoms with van der Waals surface area (Å²) in [5.41, 5.74) is 2.48. The fourth-order valence-electron chi connectivity index (χ4n) is 3.97. The average Bonchev–Trinajstić information content (AvgIpc) is 3.22. The summed E-state index contributed by atoms with van der Waals surface area (Å²) in [7, 11) is -2.33. The Morgan fingerprint density at radius 3 is 2.50 bits per heavy atom. The summed E-state index contributed by atoms with van der Waals surface area (Å²) >= 11 is 0. The summed E-state index contributed by atoms with van der Waals surface area (Å²) in [6, 6.07) is 9.61. The van der Waals surface area contributed by atoms with Crippen LogP contribution in [0.5, 0.6) is 5.75 Å². The van der Waals surface area contributed by atoms with Crippen molar-refractivity contribution >= 4 is 33.2 Å². The van der Waals surface area contributed by atoms with Gasteiger partial charge in [-0.05, 0) is 48.4 Å². The molecule has 4 rings (SSSR count). The molecule has 10 heteroatoms. The fourth-order valence-corrected chi connectivity index (χ4v) is 5.40. The zero-order valence-electron chi connectivity index (χ0n) is 18.0. The molecule has 2 amide bonds. The van der Waals surface area contributed by atoms with E-state index in [0.29, 0.717) is 31.9 Å². The first-order valence-corrected chi connectivity index (χ1v) is 11.7. The second-order valence-electron chi connectivity index (χ2n) is 7.60. The van der Waals surface area contributed by atoms with Crippen molar-refractivity contribution in [2.45, 2.75) is 18.2 Å². The standard InChI is InChI=1S/C22H25N3O6S/c1-15(26)25-8-7-16-13-17(3-5-20(16)25)23-22(27)19-14-18(4-6-21(19)30-2)32(28,29)24-9-11-31-12-10-24/h3-6,13-14H,7-12H2,1-2H3,(H,23,27). The van der Waals surface area contributed by atoms with Crippen LogP contribution in [-0.4, -0.2) is 64.5 Å². The number of nitrogens with one attached hydrogen (secondary N) is 1. The second-order valence-corrected chi connectivity index (χ2v) is 9.53. The molecule has 0 aliphatic carbocycles. The zero-order chi connectivity index (χ0) is 22.9. The van der Waals surface area contributed by atoms with Crippen LogP contribution in [0.15, 0.2) is 41.3 Å². The molecule has 2 heterocycles. The van der Waals surface area contributed by atoms with Crippen molar-refractivity contribution in [3.63, 3.8) is 0 Å². The van der Waals surface area contributed by atoms with Gasteiger partial charge in [-0.1, -0.05) is 0 Å². The second kappa shape index (κ2) is 8.89. The zero-order valence-corrected chi connectivity index (χ0v) is 18.8. The quantitative estimate of drug-likeness (QED) is 0.732. The van der Waals surface area contributed by atoms with Gasteiger partial charge in [0.25, 0.3) is 5.91 Å². The van der Waals surface area contributed by atoms with Gasteiger partial charge in [-0.15, -0.1) is 0 Å². The van der Waals surface area contributed by atoms with Crippen LogP contribution in [0.4, 0.5) is 11.4 Å². The van der Waals surface area contributed by atoms with Crippen molar-refractivity contribution in [1.29, 1.82) is 0 Å². The van der Waals surface area contributed by atoms with Gasteiger partial charge in [0.2, 0.25) is 15.9 Å². The molecule has 0 bridgehead atoms. The summed E-state index contributed by atoms with van der Waals surface area (Å²) in [6.07, 6.45) is 0.704. The number of methoxy groups -OCH3 is 1. The number of sulfonamides is 1. The van der Waals surface area contributed by atoms with Crippen LogP contribution in [-0.2, 0) is 26.0 Å². The highest BCUT2D eigenvalue weighted by Gasteiger charge is 2.28. The van der Waals surface area contributed by atoms with Crippen LogP contribution in [0.25, 0.3) is 0 Å². The maximum atomic E-state index is 13.0. The summed E-state index contributed by atoms with van der Waals surface area (Å²) in [5.74, 6) is -0.238. The molecule has 0 unspecified atom stereocenters. The Morgan fingerprint density at radius 1 is 1.06 bits per heavy atom. The number of hydrogen-bond donors (Lipinski definition) is 1. The number of amides is 2. The minimum absolute atomic E-state index is 0.0244. The van der Waals surface area contributed by atoms with E-state index in [1.54, 1.807) is 17.0 Å². The van der Waals surface area contributed by atoms with Gasteiger partial charge in [0, 0.05) is 37.9 Å². The first-order valence-electron chi connectivity index (χ1n) is 10.3. The van der Waals surface area contributed by atoms with E-state index in [9.17, 15) is 18.0 Å². The van der Waals surface area contributed by atoms with Crippen molar-refractivity contribution < 1.29 is 27.5 Å². The van der Waals surface area contributed by atoms with Crippen LogP contribution in [0.3, 0.4) is 0 Å². The van der Waals surface area contributed by atoms with E-state index < -0.39 is 15.9 Å².